The highest BCUT2D eigenvalue weighted by Crippen LogP contribution is 2.46. The number of ether oxygens (including phenoxy) is 1. The first-order valence-corrected chi connectivity index (χ1v) is 26.3. The van der Waals surface area contributed by atoms with Crippen LogP contribution in [0.2, 0.25) is 54.4 Å². The Balaban J connectivity index is 2.13. The van der Waals surface area contributed by atoms with Crippen LogP contribution in [0, 0.1) is 3.57 Å². The fourth-order valence-corrected chi connectivity index (χ4v) is 8.53. The zero-order valence-corrected chi connectivity index (χ0v) is 36.4. The van der Waals surface area contributed by atoms with E-state index in [4.69, 9.17) is 18.0 Å². The van der Waals surface area contributed by atoms with Gasteiger partial charge in [-0.1, -0.05) is 80.5 Å². The maximum atomic E-state index is 13.8. The van der Waals surface area contributed by atoms with E-state index >= 15 is 0 Å². The fraction of sp³-hybridized carbons (Fsp3) is 0.676. The van der Waals surface area contributed by atoms with Crippen molar-refractivity contribution >= 4 is 59.3 Å². The predicted octanol–water partition coefficient (Wildman–Crippen LogP) is 8.80. The van der Waals surface area contributed by atoms with Crippen molar-refractivity contribution in [2.75, 3.05) is 11.9 Å². The van der Waals surface area contributed by atoms with Gasteiger partial charge in [0.05, 0.1) is 10.2 Å². The molecule has 1 aliphatic rings. The minimum absolute atomic E-state index is 0.00875. The van der Waals surface area contributed by atoms with Gasteiger partial charge in [0, 0.05) is 11.8 Å². The Kier molecular flexibility index (Phi) is 12.1. The minimum atomic E-state index is -2.40. The number of amides is 1. The summed E-state index contributed by atoms with van der Waals surface area (Å²) < 4.78 is 30.1. The van der Waals surface area contributed by atoms with Gasteiger partial charge in [-0.05, 0) is 89.1 Å². The van der Waals surface area contributed by atoms with Gasteiger partial charge in [0.1, 0.15) is 18.3 Å². The van der Waals surface area contributed by atoms with Crippen molar-refractivity contribution in [2.45, 2.75) is 141 Å². The zero-order chi connectivity index (χ0) is 36.0. The average Bonchev–Trinajstić information content (AvgIpc) is 3.23. The average molecular weight is 816 g/mol. The number of rotatable bonds is 10. The summed E-state index contributed by atoms with van der Waals surface area (Å²) in [6.45, 7) is 33.6. The Morgan fingerprint density at radius 3 is 1.83 bits per heavy atom. The zero-order valence-electron chi connectivity index (χ0n) is 31.2. The van der Waals surface area contributed by atoms with Crippen LogP contribution in [0.4, 0.5) is 5.82 Å². The third-order valence-corrected chi connectivity index (χ3v) is 24.9. The Labute approximate surface area is 299 Å². The highest BCUT2D eigenvalue weighted by molar-refractivity contribution is 14.1. The lowest BCUT2D eigenvalue weighted by atomic mass is 10.1. The second kappa shape index (κ2) is 14.2. The maximum absolute atomic E-state index is 13.8. The number of nitrogens with zero attached hydrogens (tertiary/aromatic N) is 2. The number of hydrogen-bond acceptors (Lipinski definition) is 7. The minimum Gasteiger partial charge on any atom is -0.414 e. The highest BCUT2D eigenvalue weighted by atomic mass is 127. The van der Waals surface area contributed by atoms with E-state index in [1.54, 1.807) is 30.5 Å². The molecule has 1 N–H and O–H groups in total. The van der Waals surface area contributed by atoms with Crippen LogP contribution < -0.4 is 11.0 Å². The Hall–Kier alpha value is -1.21. The van der Waals surface area contributed by atoms with Crippen LogP contribution in [0.25, 0.3) is 0 Å². The van der Waals surface area contributed by atoms with E-state index < -0.39 is 55.2 Å². The van der Waals surface area contributed by atoms with Gasteiger partial charge in [-0.3, -0.25) is 9.36 Å². The Morgan fingerprint density at radius 1 is 0.851 bits per heavy atom. The van der Waals surface area contributed by atoms with Crippen molar-refractivity contribution in [2.24, 2.45) is 0 Å². The van der Waals surface area contributed by atoms with Crippen LogP contribution in [0.15, 0.2) is 41.3 Å². The molecule has 0 saturated carbocycles. The van der Waals surface area contributed by atoms with Crippen molar-refractivity contribution in [1.29, 1.82) is 0 Å². The fourth-order valence-electron chi connectivity index (χ4n) is 4.36. The standard InChI is InChI=1S/C34H58IN3O6Si3/c1-32(2,3)45(10,11)41-22-25-26(43-46(12,13)33(4,5)6)27(44-47(14,15)34(7,8)9)30(42-25)38-21-24(35)28(37-31(38)40)36-29(39)23-19-17-16-18-20-23/h16-21,25-27,30H,22H2,1-15H3,(H,36,37,39,40)/t25-,26-,27-,30-/m1/s1. The van der Waals surface area contributed by atoms with E-state index in [2.05, 4.69) is 134 Å². The topological polar surface area (TPSA) is 101 Å². The van der Waals surface area contributed by atoms with Crippen LogP contribution in [-0.4, -0.2) is 65.3 Å². The van der Waals surface area contributed by atoms with E-state index in [1.807, 2.05) is 6.07 Å². The van der Waals surface area contributed by atoms with Crippen LogP contribution in [0.3, 0.4) is 0 Å². The summed E-state index contributed by atoms with van der Waals surface area (Å²) in [5, 5.41) is 2.64. The molecule has 1 aliphatic heterocycles. The van der Waals surface area contributed by atoms with Gasteiger partial charge in [0.15, 0.2) is 37.0 Å². The normalized spacial score (nSPS) is 21.6. The number of anilines is 1. The molecule has 1 fully saturated rings. The first-order chi connectivity index (χ1) is 21.2. The number of nitrogens with one attached hydrogen (secondary N) is 1. The predicted molar refractivity (Wildman–Crippen MR) is 207 cm³/mol. The highest BCUT2D eigenvalue weighted by Gasteiger charge is 2.55. The molecule has 9 nitrogen and oxygen atoms in total. The molecular formula is C34H58IN3O6Si3. The molecule has 1 aromatic carbocycles. The Morgan fingerprint density at radius 2 is 1.34 bits per heavy atom. The van der Waals surface area contributed by atoms with Crippen LogP contribution in [0.1, 0.15) is 78.9 Å². The molecule has 13 heteroatoms. The van der Waals surface area contributed by atoms with E-state index in [1.165, 1.54) is 4.57 Å². The molecule has 264 valence electrons. The van der Waals surface area contributed by atoms with E-state index in [0.29, 0.717) is 15.7 Å². The number of aromatic nitrogens is 2. The van der Waals surface area contributed by atoms with Gasteiger partial charge in [-0.2, -0.15) is 4.98 Å². The largest absolute Gasteiger partial charge is 0.414 e. The van der Waals surface area contributed by atoms with Crippen LogP contribution >= 0.6 is 22.6 Å². The van der Waals surface area contributed by atoms with Crippen molar-refractivity contribution < 1.29 is 22.8 Å². The number of carbonyl (C=O) groups excluding carboxylic acids is 1. The molecule has 3 rings (SSSR count). The van der Waals surface area contributed by atoms with Crippen molar-refractivity contribution in [3.05, 3.63) is 56.1 Å². The molecule has 0 radical (unpaired) electrons. The molecule has 1 saturated heterocycles. The molecule has 47 heavy (non-hydrogen) atoms. The second-order valence-electron chi connectivity index (χ2n) is 17.3. The number of hydrogen-bond donors (Lipinski definition) is 1. The molecule has 0 spiro atoms. The lowest BCUT2D eigenvalue weighted by Crippen LogP contribution is -2.54. The summed E-state index contributed by atoms with van der Waals surface area (Å²) in [6, 6.07) is 8.86. The van der Waals surface area contributed by atoms with E-state index in [9.17, 15) is 9.59 Å². The van der Waals surface area contributed by atoms with Gasteiger partial charge >= 0.3 is 5.69 Å². The molecule has 4 atom stereocenters. The van der Waals surface area contributed by atoms with E-state index in [-0.39, 0.29) is 26.8 Å². The number of benzene rings is 1. The SMILES string of the molecule is CC(C)(C)[Si](C)(C)OC[C@H]1O[C@@H](n2cc(I)c(NC(=O)c3ccccc3)nc2=O)[C@H](O[Si](C)(C)C(C)(C)C)[C@@H]1O[Si](C)(C)C(C)(C)C. The molecular weight excluding hydrogens is 758 g/mol. The summed E-state index contributed by atoms with van der Waals surface area (Å²) >= 11 is 2.10. The smallest absolute Gasteiger partial charge is 0.351 e. The number of halogens is 1. The molecule has 0 bridgehead atoms. The molecule has 1 aromatic heterocycles. The molecule has 0 aliphatic carbocycles. The maximum Gasteiger partial charge on any atom is 0.351 e. The Bertz CT molecular complexity index is 1460. The summed E-state index contributed by atoms with van der Waals surface area (Å²) in [5.41, 5.74) is -0.0638. The third-order valence-electron chi connectivity index (χ3n) is 10.6. The quantitative estimate of drug-likeness (QED) is 0.189. The summed E-state index contributed by atoms with van der Waals surface area (Å²) in [6.07, 6.45) is -0.636. The van der Waals surface area contributed by atoms with Crippen LogP contribution in [0.5, 0.6) is 0 Å². The van der Waals surface area contributed by atoms with Gasteiger partial charge in [0.2, 0.25) is 0 Å². The first-order valence-electron chi connectivity index (χ1n) is 16.5. The molecule has 0 unspecified atom stereocenters. The van der Waals surface area contributed by atoms with Gasteiger partial charge in [0.25, 0.3) is 5.91 Å². The van der Waals surface area contributed by atoms with Crippen molar-refractivity contribution in [3.63, 3.8) is 0 Å². The van der Waals surface area contributed by atoms with Gasteiger partial charge in [-0.15, -0.1) is 0 Å². The van der Waals surface area contributed by atoms with Crippen LogP contribution in [-0.2, 0) is 18.0 Å². The second-order valence-corrected chi connectivity index (χ2v) is 32.8. The number of carbonyl (C=O) groups is 1. The lowest BCUT2D eigenvalue weighted by molar-refractivity contribution is -0.0510. The van der Waals surface area contributed by atoms with Crippen molar-refractivity contribution in [1.82, 2.24) is 9.55 Å². The third kappa shape index (κ3) is 9.32. The van der Waals surface area contributed by atoms with Gasteiger partial charge < -0.3 is 23.3 Å². The van der Waals surface area contributed by atoms with Gasteiger partial charge in [-0.25, -0.2) is 4.79 Å². The monoisotopic (exact) mass is 815 g/mol. The molecule has 2 aromatic rings. The summed E-state index contributed by atoms with van der Waals surface area (Å²) in [5.74, 6) is -0.137. The molecule has 2 heterocycles. The summed E-state index contributed by atoms with van der Waals surface area (Å²) in [7, 11) is -6.89. The van der Waals surface area contributed by atoms with Crippen molar-refractivity contribution in [3.8, 4) is 0 Å². The van der Waals surface area contributed by atoms with E-state index in [0.717, 1.165) is 0 Å². The molecule has 1 amide bonds. The summed E-state index contributed by atoms with van der Waals surface area (Å²) in [4.78, 5) is 31.1. The lowest BCUT2D eigenvalue weighted by Gasteiger charge is -2.44. The first kappa shape index (κ1) is 40.2.